The highest BCUT2D eigenvalue weighted by atomic mass is 19.4. The van der Waals surface area contributed by atoms with Gasteiger partial charge in [-0.2, -0.15) is 13.2 Å². The van der Waals surface area contributed by atoms with Crippen LogP contribution in [-0.4, -0.2) is 55.5 Å². The van der Waals surface area contributed by atoms with E-state index in [2.05, 4.69) is 0 Å². The second kappa shape index (κ2) is 11.4. The highest BCUT2D eigenvalue weighted by molar-refractivity contribution is 6.19. The normalized spacial score (nSPS) is 17.0. The number of rotatable bonds is 9. The summed E-state index contributed by atoms with van der Waals surface area (Å²) in [6.07, 6.45) is -5.41. The Kier molecular flexibility index (Phi) is 8.09. The summed E-state index contributed by atoms with van der Waals surface area (Å²) >= 11 is 0. The van der Waals surface area contributed by atoms with Gasteiger partial charge in [-0.15, -0.1) is 0 Å². The number of methoxy groups -OCH3 is 3. The molecule has 0 bridgehead atoms. The van der Waals surface area contributed by atoms with Crippen LogP contribution in [0.15, 0.2) is 84.1 Å². The van der Waals surface area contributed by atoms with Crippen molar-refractivity contribution in [3.8, 4) is 17.2 Å². The first-order chi connectivity index (χ1) is 19.5. The third kappa shape index (κ3) is 5.10. The number of alkyl halides is 3. The summed E-state index contributed by atoms with van der Waals surface area (Å²) in [5, 5.41) is 1.90. The van der Waals surface area contributed by atoms with E-state index in [1.807, 2.05) is 5.32 Å². The van der Waals surface area contributed by atoms with E-state index in [1.165, 1.54) is 52.5 Å². The fourth-order valence-electron chi connectivity index (χ4n) is 4.80. The van der Waals surface area contributed by atoms with Gasteiger partial charge in [0.05, 0.1) is 33.4 Å². The lowest BCUT2D eigenvalue weighted by Crippen LogP contribution is -2.66. The number of nitrogens with zero attached hydrogens (tertiary/aromatic N) is 1. The smallest absolute Gasteiger partial charge is 0.425 e. The van der Waals surface area contributed by atoms with Crippen molar-refractivity contribution >= 4 is 17.6 Å². The average Bonchev–Trinajstić information content (AvgIpc) is 3.18. The first-order valence-corrected chi connectivity index (χ1v) is 12.4. The molecular formula is C30H27F3N2O6. The molecule has 11 heteroatoms. The van der Waals surface area contributed by atoms with Crippen molar-refractivity contribution in [2.24, 2.45) is 0 Å². The number of carbonyl (C=O) groups is 3. The van der Waals surface area contributed by atoms with Crippen LogP contribution in [0.2, 0.25) is 0 Å². The minimum atomic E-state index is -5.41. The molecule has 0 saturated carbocycles. The molecule has 214 valence electrons. The van der Waals surface area contributed by atoms with Crippen LogP contribution in [0.5, 0.6) is 17.2 Å². The third-order valence-corrected chi connectivity index (χ3v) is 6.81. The molecule has 0 spiro atoms. The third-order valence-electron chi connectivity index (χ3n) is 6.81. The molecular weight excluding hydrogens is 541 g/mol. The van der Waals surface area contributed by atoms with E-state index in [0.29, 0.717) is 5.56 Å². The van der Waals surface area contributed by atoms with Gasteiger partial charge in [-0.1, -0.05) is 60.7 Å². The first-order valence-electron chi connectivity index (χ1n) is 12.4. The quantitative estimate of drug-likeness (QED) is 0.368. The predicted octanol–water partition coefficient (Wildman–Crippen LogP) is 4.94. The minimum Gasteiger partial charge on any atom is -0.493 e. The number of allylic oxidation sites excluding steroid dienone is 1. The lowest BCUT2D eigenvalue weighted by atomic mass is 9.84. The van der Waals surface area contributed by atoms with Crippen LogP contribution in [0.1, 0.15) is 33.2 Å². The average molecular weight is 569 g/mol. The number of amides is 2. The van der Waals surface area contributed by atoms with Crippen LogP contribution in [0.3, 0.4) is 0 Å². The SMILES string of the molecule is COc1cc(C(=O)N[C@]2(C(F)(F)F)C(=O)N(Cc3ccccc3)C(C)=C2C(=O)c2ccccc2)cc(OC)c1OC. The number of ketones is 1. The van der Waals surface area contributed by atoms with Crippen molar-refractivity contribution in [2.45, 2.75) is 25.2 Å². The van der Waals surface area contributed by atoms with Crippen molar-refractivity contribution in [1.29, 1.82) is 0 Å². The Morgan fingerprint density at radius 3 is 1.88 bits per heavy atom. The maximum atomic E-state index is 15.2. The Morgan fingerprint density at radius 2 is 1.39 bits per heavy atom. The fourth-order valence-corrected chi connectivity index (χ4v) is 4.80. The molecule has 0 unspecified atom stereocenters. The summed E-state index contributed by atoms with van der Waals surface area (Å²) in [6, 6.07) is 17.9. The van der Waals surface area contributed by atoms with Gasteiger partial charge < -0.3 is 24.4 Å². The van der Waals surface area contributed by atoms with E-state index in [4.69, 9.17) is 14.2 Å². The number of Topliss-reactive ketones (excluding diaryl/α,β-unsaturated/α-hetero) is 1. The summed E-state index contributed by atoms with van der Waals surface area (Å²) in [4.78, 5) is 42.0. The highest BCUT2D eigenvalue weighted by Gasteiger charge is 2.70. The molecule has 2 amide bonds. The van der Waals surface area contributed by atoms with Crippen LogP contribution < -0.4 is 19.5 Å². The molecule has 3 aromatic rings. The zero-order valence-corrected chi connectivity index (χ0v) is 22.7. The van der Waals surface area contributed by atoms with E-state index < -0.39 is 34.9 Å². The van der Waals surface area contributed by atoms with Crippen molar-refractivity contribution in [3.05, 3.63) is 101 Å². The van der Waals surface area contributed by atoms with E-state index in [0.717, 1.165) is 17.0 Å². The molecule has 0 aromatic heterocycles. The van der Waals surface area contributed by atoms with Crippen LogP contribution in [0, 0.1) is 0 Å². The second-order valence-electron chi connectivity index (χ2n) is 9.15. The zero-order chi connectivity index (χ0) is 29.9. The van der Waals surface area contributed by atoms with Crippen LogP contribution in [0.25, 0.3) is 0 Å². The predicted molar refractivity (Wildman–Crippen MR) is 143 cm³/mol. The molecule has 3 aromatic carbocycles. The van der Waals surface area contributed by atoms with Crippen molar-refractivity contribution in [3.63, 3.8) is 0 Å². The molecule has 1 atom stereocenters. The fraction of sp³-hybridized carbons (Fsp3) is 0.233. The Bertz CT molecular complexity index is 1480. The number of hydrogen-bond donors (Lipinski definition) is 1. The van der Waals surface area contributed by atoms with E-state index in [-0.39, 0.29) is 40.6 Å². The van der Waals surface area contributed by atoms with Gasteiger partial charge in [0.25, 0.3) is 11.8 Å². The minimum absolute atomic E-state index is 0.00817. The number of hydrogen-bond acceptors (Lipinski definition) is 6. The van der Waals surface area contributed by atoms with Gasteiger partial charge in [-0.25, -0.2) is 0 Å². The number of carbonyl (C=O) groups excluding carboxylic acids is 3. The van der Waals surface area contributed by atoms with Gasteiger partial charge in [-0.05, 0) is 24.6 Å². The summed E-state index contributed by atoms with van der Waals surface area (Å²) in [7, 11) is 3.88. The first kappa shape index (κ1) is 29.2. The summed E-state index contributed by atoms with van der Waals surface area (Å²) in [6.45, 7) is 1.01. The van der Waals surface area contributed by atoms with E-state index >= 15 is 13.2 Å². The van der Waals surface area contributed by atoms with Crippen LogP contribution >= 0.6 is 0 Å². The molecule has 41 heavy (non-hydrogen) atoms. The Morgan fingerprint density at radius 1 is 0.854 bits per heavy atom. The highest BCUT2D eigenvalue weighted by Crippen LogP contribution is 2.47. The number of halogens is 3. The monoisotopic (exact) mass is 568 g/mol. The number of nitrogens with one attached hydrogen (secondary N) is 1. The molecule has 0 saturated heterocycles. The van der Waals surface area contributed by atoms with Gasteiger partial charge in [0.2, 0.25) is 11.3 Å². The number of ether oxygens (including phenoxy) is 3. The molecule has 0 radical (unpaired) electrons. The number of benzene rings is 3. The largest absolute Gasteiger partial charge is 0.493 e. The lowest BCUT2D eigenvalue weighted by molar-refractivity contribution is -0.189. The van der Waals surface area contributed by atoms with Gasteiger partial charge in [0.1, 0.15) is 0 Å². The van der Waals surface area contributed by atoms with Gasteiger partial charge in [-0.3, -0.25) is 14.4 Å². The van der Waals surface area contributed by atoms with Crippen LogP contribution in [-0.2, 0) is 11.3 Å². The molecule has 0 fully saturated rings. The molecule has 1 aliphatic rings. The van der Waals surface area contributed by atoms with E-state index in [9.17, 15) is 14.4 Å². The van der Waals surface area contributed by atoms with Gasteiger partial charge in [0, 0.05) is 16.8 Å². The Labute approximate surface area is 234 Å². The molecule has 1 N–H and O–H groups in total. The molecule has 0 aliphatic carbocycles. The maximum Gasteiger partial charge on any atom is 0.425 e. The maximum absolute atomic E-state index is 15.2. The standard InChI is InChI=1S/C30H27F3N2O6/c1-18-24(25(36)20-13-9-6-10-14-20)29(30(31,32)33,28(38)35(18)17-19-11-7-5-8-12-19)34-27(37)21-15-22(39-2)26(41-4)23(16-21)40-3/h5-16H,17H2,1-4H3,(H,34,37)/t29-/m0/s1. The zero-order valence-electron chi connectivity index (χ0n) is 22.7. The molecule has 1 heterocycles. The molecule has 8 nitrogen and oxygen atoms in total. The van der Waals surface area contributed by atoms with E-state index in [1.54, 1.807) is 36.4 Å². The summed E-state index contributed by atoms with van der Waals surface area (Å²) < 4.78 is 61.4. The summed E-state index contributed by atoms with van der Waals surface area (Å²) in [5.41, 5.74) is -4.67. The summed E-state index contributed by atoms with van der Waals surface area (Å²) in [5.74, 6) is -3.72. The van der Waals surface area contributed by atoms with Crippen molar-refractivity contribution in [1.82, 2.24) is 10.2 Å². The molecule has 4 rings (SSSR count). The lowest BCUT2D eigenvalue weighted by Gasteiger charge is -2.33. The van der Waals surface area contributed by atoms with Crippen LogP contribution in [0.4, 0.5) is 13.2 Å². The Hall–Kier alpha value is -4.80. The Balaban J connectivity index is 1.90. The van der Waals surface area contributed by atoms with Gasteiger partial charge in [0.15, 0.2) is 17.3 Å². The topological polar surface area (TPSA) is 94.2 Å². The molecule has 1 aliphatic heterocycles. The van der Waals surface area contributed by atoms with Crippen molar-refractivity contribution < 1.29 is 41.8 Å². The van der Waals surface area contributed by atoms with Crippen molar-refractivity contribution in [2.75, 3.05) is 21.3 Å². The van der Waals surface area contributed by atoms with Gasteiger partial charge >= 0.3 is 6.18 Å². The second-order valence-corrected chi connectivity index (χ2v) is 9.15.